The van der Waals surface area contributed by atoms with E-state index in [2.05, 4.69) is 5.32 Å². The molecule has 1 aromatic rings. The van der Waals surface area contributed by atoms with Crippen LogP contribution in [-0.4, -0.2) is 31.1 Å². The highest BCUT2D eigenvalue weighted by molar-refractivity contribution is 7.91. The van der Waals surface area contributed by atoms with Crippen molar-refractivity contribution in [1.82, 2.24) is 5.32 Å². The average molecular weight is 273 g/mol. The minimum absolute atomic E-state index is 0.102. The van der Waals surface area contributed by atoms with E-state index >= 15 is 0 Å². The molecule has 1 aliphatic heterocycles. The van der Waals surface area contributed by atoms with Gasteiger partial charge in [-0.3, -0.25) is 0 Å². The third-order valence-corrected chi connectivity index (χ3v) is 4.95. The van der Waals surface area contributed by atoms with Crippen molar-refractivity contribution >= 4 is 9.84 Å². The molecule has 0 saturated carbocycles. The smallest absolute Gasteiger partial charge is 0.151 e. The van der Waals surface area contributed by atoms with Crippen molar-refractivity contribution in [3.8, 4) is 5.75 Å². The van der Waals surface area contributed by atoms with Crippen molar-refractivity contribution in [1.29, 1.82) is 0 Å². The molecule has 0 spiro atoms. The van der Waals surface area contributed by atoms with Gasteiger partial charge in [-0.2, -0.15) is 0 Å². The van der Waals surface area contributed by atoms with Gasteiger partial charge in [0.2, 0.25) is 0 Å². The molecular formula is C12H16FNO3S. The van der Waals surface area contributed by atoms with E-state index in [1.165, 1.54) is 12.1 Å². The molecule has 1 heterocycles. The molecule has 2 N–H and O–H groups in total. The predicted molar refractivity (Wildman–Crippen MR) is 66.7 cm³/mol. The number of nitrogens with one attached hydrogen (secondary N) is 1. The van der Waals surface area contributed by atoms with Crippen LogP contribution in [0.1, 0.15) is 24.9 Å². The lowest BCUT2D eigenvalue weighted by Crippen LogP contribution is -2.32. The molecule has 0 aromatic heterocycles. The largest absolute Gasteiger partial charge is 0.508 e. The highest BCUT2D eigenvalue weighted by Crippen LogP contribution is 2.26. The summed E-state index contributed by atoms with van der Waals surface area (Å²) in [6.07, 6.45) is 0.578. The summed E-state index contributed by atoms with van der Waals surface area (Å²) in [5, 5.41) is 12.8. The maximum Gasteiger partial charge on any atom is 0.151 e. The van der Waals surface area contributed by atoms with Crippen LogP contribution in [0, 0.1) is 5.82 Å². The van der Waals surface area contributed by atoms with Crippen molar-refractivity contribution in [3.63, 3.8) is 0 Å². The number of hydrogen-bond acceptors (Lipinski definition) is 4. The SMILES string of the molecule is CC(NC1CCS(=O)(=O)C1)c1ccc(F)cc1O. The van der Waals surface area contributed by atoms with Crippen LogP contribution >= 0.6 is 0 Å². The van der Waals surface area contributed by atoms with Gasteiger partial charge in [-0.05, 0) is 19.4 Å². The zero-order valence-corrected chi connectivity index (χ0v) is 10.9. The second-order valence-electron chi connectivity index (χ2n) is 4.69. The van der Waals surface area contributed by atoms with Gasteiger partial charge in [0.1, 0.15) is 11.6 Å². The van der Waals surface area contributed by atoms with Crippen LogP contribution in [0.15, 0.2) is 18.2 Å². The second kappa shape index (κ2) is 4.85. The number of halogens is 1. The van der Waals surface area contributed by atoms with Gasteiger partial charge in [0.25, 0.3) is 0 Å². The molecule has 0 aliphatic carbocycles. The monoisotopic (exact) mass is 273 g/mol. The predicted octanol–water partition coefficient (Wildman–Crippen LogP) is 1.37. The van der Waals surface area contributed by atoms with Gasteiger partial charge in [0, 0.05) is 23.7 Å². The zero-order valence-electron chi connectivity index (χ0n) is 10.1. The van der Waals surface area contributed by atoms with E-state index in [-0.39, 0.29) is 29.3 Å². The fourth-order valence-electron chi connectivity index (χ4n) is 2.25. The minimum Gasteiger partial charge on any atom is -0.508 e. The van der Waals surface area contributed by atoms with Crippen molar-refractivity contribution in [2.45, 2.75) is 25.4 Å². The average Bonchev–Trinajstić information content (AvgIpc) is 2.57. The Morgan fingerprint density at radius 1 is 1.50 bits per heavy atom. The van der Waals surface area contributed by atoms with Crippen molar-refractivity contribution in [3.05, 3.63) is 29.6 Å². The third kappa shape index (κ3) is 3.00. The Hall–Kier alpha value is -1.14. The van der Waals surface area contributed by atoms with Crippen LogP contribution in [0.25, 0.3) is 0 Å². The normalized spacial score (nSPS) is 24.0. The molecule has 100 valence electrons. The molecule has 2 rings (SSSR count). The Labute approximate surface area is 106 Å². The van der Waals surface area contributed by atoms with Crippen LogP contribution < -0.4 is 5.32 Å². The van der Waals surface area contributed by atoms with E-state index < -0.39 is 15.7 Å². The summed E-state index contributed by atoms with van der Waals surface area (Å²) in [4.78, 5) is 0. The van der Waals surface area contributed by atoms with Crippen LogP contribution in [-0.2, 0) is 9.84 Å². The van der Waals surface area contributed by atoms with Crippen LogP contribution in [0.5, 0.6) is 5.75 Å². The standard InChI is InChI=1S/C12H16FNO3S/c1-8(11-3-2-9(13)6-12(11)15)14-10-4-5-18(16,17)7-10/h2-3,6,8,10,14-15H,4-5,7H2,1H3. The first kappa shape index (κ1) is 13.3. The topological polar surface area (TPSA) is 66.4 Å². The molecule has 2 unspecified atom stereocenters. The molecule has 0 bridgehead atoms. The maximum absolute atomic E-state index is 12.9. The summed E-state index contributed by atoms with van der Waals surface area (Å²) in [7, 11) is -2.93. The van der Waals surface area contributed by atoms with Gasteiger partial charge in [-0.25, -0.2) is 12.8 Å². The lowest BCUT2D eigenvalue weighted by molar-refractivity contribution is 0.432. The van der Waals surface area contributed by atoms with Crippen molar-refractivity contribution in [2.24, 2.45) is 0 Å². The van der Waals surface area contributed by atoms with Crippen LogP contribution in [0.3, 0.4) is 0 Å². The Morgan fingerprint density at radius 2 is 2.22 bits per heavy atom. The van der Waals surface area contributed by atoms with Gasteiger partial charge in [0.05, 0.1) is 11.5 Å². The van der Waals surface area contributed by atoms with Crippen molar-refractivity contribution < 1.29 is 17.9 Å². The van der Waals surface area contributed by atoms with E-state index in [9.17, 15) is 17.9 Å². The molecule has 18 heavy (non-hydrogen) atoms. The molecule has 0 amide bonds. The molecule has 6 heteroatoms. The third-order valence-electron chi connectivity index (χ3n) is 3.18. The first-order valence-electron chi connectivity index (χ1n) is 5.82. The van der Waals surface area contributed by atoms with Crippen LogP contribution in [0.2, 0.25) is 0 Å². The molecular weight excluding hydrogens is 257 g/mol. The molecule has 1 saturated heterocycles. The number of aromatic hydroxyl groups is 1. The van der Waals surface area contributed by atoms with Gasteiger partial charge < -0.3 is 10.4 Å². The summed E-state index contributed by atoms with van der Waals surface area (Å²) in [6.45, 7) is 1.82. The summed E-state index contributed by atoms with van der Waals surface area (Å²) in [5.74, 6) is -0.283. The molecule has 0 radical (unpaired) electrons. The lowest BCUT2D eigenvalue weighted by Gasteiger charge is -2.19. The number of phenols is 1. The summed E-state index contributed by atoms with van der Waals surface area (Å²) < 4.78 is 35.5. The first-order valence-corrected chi connectivity index (χ1v) is 7.64. The first-order chi connectivity index (χ1) is 8.37. The summed E-state index contributed by atoms with van der Waals surface area (Å²) >= 11 is 0. The van der Waals surface area contributed by atoms with E-state index in [0.717, 1.165) is 6.07 Å². The minimum atomic E-state index is -2.93. The van der Waals surface area contributed by atoms with E-state index in [1.807, 2.05) is 6.92 Å². The Balaban J connectivity index is 2.06. The molecule has 1 fully saturated rings. The molecule has 1 aliphatic rings. The number of rotatable bonds is 3. The van der Waals surface area contributed by atoms with Gasteiger partial charge in [-0.1, -0.05) is 6.07 Å². The number of hydrogen-bond donors (Lipinski definition) is 2. The second-order valence-corrected chi connectivity index (χ2v) is 6.92. The van der Waals surface area contributed by atoms with Crippen LogP contribution in [0.4, 0.5) is 4.39 Å². The fourth-order valence-corrected chi connectivity index (χ4v) is 3.94. The fraction of sp³-hybridized carbons (Fsp3) is 0.500. The maximum atomic E-state index is 12.9. The van der Waals surface area contributed by atoms with E-state index in [4.69, 9.17) is 0 Å². The Morgan fingerprint density at radius 3 is 2.78 bits per heavy atom. The zero-order chi connectivity index (χ0) is 13.3. The van der Waals surface area contributed by atoms with Gasteiger partial charge >= 0.3 is 0 Å². The molecule has 4 nitrogen and oxygen atoms in total. The number of sulfone groups is 1. The van der Waals surface area contributed by atoms with E-state index in [0.29, 0.717) is 12.0 Å². The summed E-state index contributed by atoms with van der Waals surface area (Å²) in [6, 6.07) is 3.52. The Kier molecular flexibility index (Phi) is 3.59. The molecule has 1 aromatic carbocycles. The lowest BCUT2D eigenvalue weighted by atomic mass is 10.1. The van der Waals surface area contributed by atoms with E-state index in [1.54, 1.807) is 0 Å². The molecule has 2 atom stereocenters. The quantitative estimate of drug-likeness (QED) is 0.873. The highest BCUT2D eigenvalue weighted by Gasteiger charge is 2.29. The summed E-state index contributed by atoms with van der Waals surface area (Å²) in [5.41, 5.74) is 0.570. The highest BCUT2D eigenvalue weighted by atomic mass is 32.2. The number of phenolic OH excluding ortho intramolecular Hbond substituents is 1. The Bertz CT molecular complexity index is 544. The van der Waals surface area contributed by atoms with Gasteiger partial charge in [0.15, 0.2) is 9.84 Å². The van der Waals surface area contributed by atoms with Crippen molar-refractivity contribution in [2.75, 3.05) is 11.5 Å². The number of benzene rings is 1. The van der Waals surface area contributed by atoms with Gasteiger partial charge in [-0.15, -0.1) is 0 Å².